The first kappa shape index (κ1) is 20.2. The normalized spacial score (nSPS) is 19.6. The SMILES string of the molecule is COCCCn1c(C)cnc1C1CCN(S(=O)(=O)c2ccc3c(c2)OCCO3)C1. The molecule has 0 saturated carbocycles. The summed E-state index contributed by atoms with van der Waals surface area (Å²) in [6.45, 7) is 5.34. The summed E-state index contributed by atoms with van der Waals surface area (Å²) in [5.74, 6) is 2.11. The monoisotopic (exact) mass is 421 g/mol. The first-order valence-electron chi connectivity index (χ1n) is 9.91. The van der Waals surface area contributed by atoms with Gasteiger partial charge in [0.25, 0.3) is 0 Å². The van der Waals surface area contributed by atoms with Crippen LogP contribution in [-0.2, 0) is 21.3 Å². The highest BCUT2D eigenvalue weighted by Gasteiger charge is 2.35. The number of imidazole rings is 1. The van der Waals surface area contributed by atoms with Gasteiger partial charge < -0.3 is 18.8 Å². The summed E-state index contributed by atoms with van der Waals surface area (Å²) in [7, 11) is -1.91. The van der Waals surface area contributed by atoms with Crippen molar-refractivity contribution in [2.24, 2.45) is 0 Å². The highest BCUT2D eigenvalue weighted by atomic mass is 32.2. The molecule has 8 nitrogen and oxygen atoms in total. The molecular weight excluding hydrogens is 394 g/mol. The van der Waals surface area contributed by atoms with E-state index in [9.17, 15) is 8.42 Å². The molecule has 0 aliphatic carbocycles. The zero-order chi connectivity index (χ0) is 20.4. The zero-order valence-electron chi connectivity index (χ0n) is 16.8. The first-order chi connectivity index (χ1) is 14.0. The van der Waals surface area contributed by atoms with E-state index in [4.69, 9.17) is 14.2 Å². The van der Waals surface area contributed by atoms with Crippen molar-refractivity contribution in [1.82, 2.24) is 13.9 Å². The van der Waals surface area contributed by atoms with Crippen molar-refractivity contribution in [2.75, 3.05) is 40.0 Å². The molecule has 0 N–H and O–H groups in total. The maximum absolute atomic E-state index is 13.2. The van der Waals surface area contributed by atoms with Gasteiger partial charge in [0, 0.05) is 57.2 Å². The van der Waals surface area contributed by atoms with E-state index in [0.717, 1.165) is 30.9 Å². The van der Waals surface area contributed by atoms with Gasteiger partial charge in [0.05, 0.1) is 4.90 Å². The summed E-state index contributed by atoms with van der Waals surface area (Å²) >= 11 is 0. The van der Waals surface area contributed by atoms with Crippen LogP contribution >= 0.6 is 0 Å². The average molecular weight is 422 g/mol. The van der Waals surface area contributed by atoms with Crippen LogP contribution in [0, 0.1) is 6.92 Å². The summed E-state index contributed by atoms with van der Waals surface area (Å²) < 4.78 is 46.3. The second-order valence-electron chi connectivity index (χ2n) is 7.41. The van der Waals surface area contributed by atoms with Crippen LogP contribution in [0.4, 0.5) is 0 Å². The summed E-state index contributed by atoms with van der Waals surface area (Å²) in [5, 5.41) is 0. The van der Waals surface area contributed by atoms with Crippen LogP contribution in [0.5, 0.6) is 11.5 Å². The lowest BCUT2D eigenvalue weighted by molar-refractivity contribution is 0.171. The Labute approximate surface area is 171 Å². The van der Waals surface area contributed by atoms with Gasteiger partial charge in [-0.15, -0.1) is 0 Å². The Morgan fingerprint density at radius 1 is 1.24 bits per heavy atom. The maximum atomic E-state index is 13.2. The molecule has 4 rings (SSSR count). The van der Waals surface area contributed by atoms with E-state index in [1.165, 1.54) is 0 Å². The van der Waals surface area contributed by atoms with Crippen LogP contribution in [0.2, 0.25) is 0 Å². The van der Waals surface area contributed by atoms with Crippen LogP contribution in [0.25, 0.3) is 0 Å². The number of hydrogen-bond donors (Lipinski definition) is 0. The Kier molecular flexibility index (Phi) is 5.80. The molecule has 0 bridgehead atoms. The van der Waals surface area contributed by atoms with Crippen molar-refractivity contribution < 1.29 is 22.6 Å². The Hall–Kier alpha value is -2.10. The zero-order valence-corrected chi connectivity index (χ0v) is 17.7. The average Bonchev–Trinajstić information content (AvgIpc) is 3.35. The Balaban J connectivity index is 1.51. The Bertz CT molecular complexity index is 972. The van der Waals surface area contributed by atoms with Gasteiger partial charge in [-0.25, -0.2) is 13.4 Å². The van der Waals surface area contributed by atoms with Crippen LogP contribution in [0.3, 0.4) is 0 Å². The van der Waals surface area contributed by atoms with Gasteiger partial charge in [-0.3, -0.25) is 0 Å². The molecule has 158 valence electrons. The fourth-order valence-corrected chi connectivity index (χ4v) is 5.47. The van der Waals surface area contributed by atoms with Crippen LogP contribution < -0.4 is 9.47 Å². The predicted octanol–water partition coefficient (Wildman–Crippen LogP) is 2.18. The van der Waals surface area contributed by atoms with E-state index < -0.39 is 10.0 Å². The number of aromatic nitrogens is 2. The molecule has 0 radical (unpaired) electrons. The van der Waals surface area contributed by atoms with E-state index in [1.54, 1.807) is 29.6 Å². The fraction of sp³-hybridized carbons (Fsp3) is 0.550. The number of fused-ring (bicyclic) bond motifs is 1. The van der Waals surface area contributed by atoms with Gasteiger partial charge in [0.15, 0.2) is 11.5 Å². The molecule has 0 spiro atoms. The molecule has 2 aliphatic heterocycles. The number of sulfonamides is 1. The number of aryl methyl sites for hydroxylation is 1. The third kappa shape index (κ3) is 3.99. The first-order valence-corrected chi connectivity index (χ1v) is 11.4. The molecule has 1 saturated heterocycles. The van der Waals surface area contributed by atoms with E-state index in [0.29, 0.717) is 44.4 Å². The maximum Gasteiger partial charge on any atom is 0.243 e. The lowest BCUT2D eigenvalue weighted by atomic mass is 10.1. The van der Waals surface area contributed by atoms with E-state index in [2.05, 4.69) is 9.55 Å². The lowest BCUT2D eigenvalue weighted by Crippen LogP contribution is -2.29. The largest absolute Gasteiger partial charge is 0.486 e. The minimum Gasteiger partial charge on any atom is -0.486 e. The number of ether oxygens (including phenoxy) is 3. The molecule has 9 heteroatoms. The summed E-state index contributed by atoms with van der Waals surface area (Å²) in [6.07, 6.45) is 3.51. The molecule has 2 aliphatic rings. The van der Waals surface area contributed by atoms with Gasteiger partial charge >= 0.3 is 0 Å². The van der Waals surface area contributed by atoms with E-state index in [-0.39, 0.29) is 10.8 Å². The third-order valence-electron chi connectivity index (χ3n) is 5.48. The second kappa shape index (κ2) is 8.33. The van der Waals surface area contributed by atoms with Gasteiger partial charge in [-0.2, -0.15) is 4.31 Å². The quantitative estimate of drug-likeness (QED) is 0.638. The Morgan fingerprint density at radius 3 is 2.83 bits per heavy atom. The van der Waals surface area contributed by atoms with Crippen LogP contribution in [-0.4, -0.2) is 62.3 Å². The van der Waals surface area contributed by atoms with E-state index in [1.807, 2.05) is 13.1 Å². The minimum atomic E-state index is -3.60. The highest BCUT2D eigenvalue weighted by Crippen LogP contribution is 2.35. The highest BCUT2D eigenvalue weighted by molar-refractivity contribution is 7.89. The molecule has 0 amide bonds. The summed E-state index contributed by atoms with van der Waals surface area (Å²) in [6, 6.07) is 4.82. The third-order valence-corrected chi connectivity index (χ3v) is 7.34. The topological polar surface area (TPSA) is 82.9 Å². The molecular formula is C20H27N3O5S. The number of benzene rings is 1. The van der Waals surface area contributed by atoms with Gasteiger partial charge in [0.2, 0.25) is 10.0 Å². The molecule has 1 unspecified atom stereocenters. The van der Waals surface area contributed by atoms with Gasteiger partial charge in [-0.1, -0.05) is 0 Å². The number of rotatable bonds is 7. The second-order valence-corrected chi connectivity index (χ2v) is 9.35. The minimum absolute atomic E-state index is 0.0817. The van der Waals surface area contributed by atoms with Crippen molar-refractivity contribution in [3.63, 3.8) is 0 Å². The fourth-order valence-electron chi connectivity index (χ4n) is 3.95. The van der Waals surface area contributed by atoms with Crippen molar-refractivity contribution in [1.29, 1.82) is 0 Å². The molecule has 29 heavy (non-hydrogen) atoms. The molecule has 1 aromatic heterocycles. The predicted molar refractivity (Wildman–Crippen MR) is 107 cm³/mol. The van der Waals surface area contributed by atoms with E-state index >= 15 is 0 Å². The lowest BCUT2D eigenvalue weighted by Gasteiger charge is -2.21. The summed E-state index contributed by atoms with van der Waals surface area (Å²) in [4.78, 5) is 4.83. The standard InChI is InChI=1S/C20H27N3O5S/c1-15-13-21-20(23(15)7-3-9-26-2)16-6-8-22(14-16)29(24,25)17-4-5-18-19(12-17)28-11-10-27-18/h4-5,12-13,16H,3,6-11,14H2,1-2H3. The smallest absolute Gasteiger partial charge is 0.243 e. The van der Waals surface area contributed by atoms with Crippen molar-refractivity contribution in [3.05, 3.63) is 35.9 Å². The number of hydrogen-bond acceptors (Lipinski definition) is 6. The molecule has 3 heterocycles. The van der Waals surface area contributed by atoms with Crippen LogP contribution in [0.1, 0.15) is 30.3 Å². The number of nitrogens with zero attached hydrogens (tertiary/aromatic N) is 3. The molecule has 2 aromatic rings. The van der Waals surface area contributed by atoms with Crippen LogP contribution in [0.15, 0.2) is 29.3 Å². The summed E-state index contributed by atoms with van der Waals surface area (Å²) in [5.41, 5.74) is 1.09. The Morgan fingerprint density at radius 2 is 2.03 bits per heavy atom. The molecule has 1 fully saturated rings. The van der Waals surface area contributed by atoms with Crippen molar-refractivity contribution in [3.8, 4) is 11.5 Å². The molecule has 1 aromatic carbocycles. The van der Waals surface area contributed by atoms with Gasteiger partial charge in [-0.05, 0) is 31.9 Å². The van der Waals surface area contributed by atoms with Crippen molar-refractivity contribution in [2.45, 2.75) is 37.1 Å². The van der Waals surface area contributed by atoms with Crippen molar-refractivity contribution >= 4 is 10.0 Å². The molecule has 1 atom stereocenters. The van der Waals surface area contributed by atoms with Gasteiger partial charge in [0.1, 0.15) is 19.0 Å². The number of methoxy groups -OCH3 is 1.